The molecule has 0 radical (unpaired) electrons. The maximum absolute atomic E-state index is 12.5. The topological polar surface area (TPSA) is 295 Å². The lowest BCUT2D eigenvalue weighted by Crippen LogP contribution is -2.58. The summed E-state index contributed by atoms with van der Waals surface area (Å²) in [5.74, 6) is 0.463. The van der Waals surface area contributed by atoms with E-state index in [2.05, 4.69) is 13.4 Å². The molecule has 0 aromatic carbocycles. The predicted molar refractivity (Wildman–Crippen MR) is 142 cm³/mol. The van der Waals surface area contributed by atoms with Gasteiger partial charge in [-0.15, -0.1) is 0 Å². The largest absolute Gasteiger partial charge is 0.483 e. The van der Waals surface area contributed by atoms with E-state index in [1.807, 2.05) is 4.98 Å². The van der Waals surface area contributed by atoms with E-state index in [1.165, 1.54) is 18.9 Å². The molecule has 0 bridgehead atoms. The van der Waals surface area contributed by atoms with Crippen molar-refractivity contribution in [3.63, 3.8) is 0 Å². The van der Waals surface area contributed by atoms with Gasteiger partial charge in [-0.3, -0.25) is 23.4 Å². The van der Waals surface area contributed by atoms with Gasteiger partial charge in [-0.2, -0.15) is 16.1 Å². The molecule has 43 heavy (non-hydrogen) atoms. The maximum Gasteiger partial charge on any atom is 0.483 e. The van der Waals surface area contributed by atoms with Gasteiger partial charge in [-0.05, 0) is 0 Å². The Balaban J connectivity index is 1.54. The minimum Gasteiger partial charge on any atom is -0.388 e. The number of hydrogen-bond donors (Lipinski definition) is 8. The lowest BCUT2D eigenvalue weighted by molar-refractivity contribution is -0.270. The fourth-order valence-electron chi connectivity index (χ4n) is 3.90. The number of phosphoric ester groups is 2. The number of H-pyrrole nitrogens is 1. The number of thioether (sulfide) groups is 1. The van der Waals surface area contributed by atoms with Gasteiger partial charge in [0.15, 0.2) is 12.5 Å². The summed E-state index contributed by atoms with van der Waals surface area (Å²) >= 11 is 1.22. The van der Waals surface area contributed by atoms with Crippen molar-refractivity contribution in [1.82, 2.24) is 9.55 Å². The highest BCUT2D eigenvalue weighted by Gasteiger charge is 2.49. The average molecular weight is 685 g/mol. The van der Waals surface area contributed by atoms with Crippen molar-refractivity contribution in [2.75, 3.05) is 45.0 Å². The molecule has 2 saturated heterocycles. The van der Waals surface area contributed by atoms with Gasteiger partial charge in [-0.25, -0.2) is 13.9 Å². The van der Waals surface area contributed by atoms with Crippen LogP contribution in [0.15, 0.2) is 21.9 Å². The van der Waals surface area contributed by atoms with E-state index in [0.717, 1.165) is 16.8 Å². The molecule has 23 heteroatoms. The van der Waals surface area contributed by atoms with Crippen LogP contribution in [0.3, 0.4) is 0 Å². The van der Waals surface area contributed by atoms with Crippen LogP contribution >= 0.6 is 27.4 Å². The number of aromatic amines is 1. The molecule has 1 aromatic heterocycles. The van der Waals surface area contributed by atoms with Crippen LogP contribution in [-0.2, 0) is 41.4 Å². The first kappa shape index (κ1) is 36.4. The minimum atomic E-state index is -5.59. The predicted octanol–water partition coefficient (Wildman–Crippen LogP) is -3.39. The molecule has 0 aliphatic carbocycles. The van der Waals surface area contributed by atoms with Crippen LogP contribution in [-0.4, -0.2) is 139 Å². The Bertz CT molecular complexity index is 1250. The van der Waals surface area contributed by atoms with Crippen molar-refractivity contribution in [1.29, 1.82) is 0 Å². The van der Waals surface area contributed by atoms with Crippen molar-refractivity contribution in [2.24, 2.45) is 0 Å². The van der Waals surface area contributed by atoms with Crippen LogP contribution in [0.2, 0.25) is 0 Å². The number of rotatable bonds is 16. The second kappa shape index (κ2) is 16.0. The molecule has 248 valence electrons. The highest BCUT2D eigenvalue weighted by Crippen LogP contribution is 2.61. The van der Waals surface area contributed by atoms with Crippen molar-refractivity contribution < 1.29 is 76.8 Å². The van der Waals surface area contributed by atoms with Crippen LogP contribution in [0, 0.1) is 0 Å². The molecule has 11 atom stereocenters. The zero-order valence-electron chi connectivity index (χ0n) is 22.5. The summed E-state index contributed by atoms with van der Waals surface area (Å²) in [7, 11) is -9.56. The lowest BCUT2D eigenvalue weighted by Gasteiger charge is -2.40. The number of phosphoric acid groups is 2. The molecule has 2 aliphatic heterocycles. The highest BCUT2D eigenvalue weighted by molar-refractivity contribution is 7.99. The Kier molecular flexibility index (Phi) is 13.5. The van der Waals surface area contributed by atoms with Gasteiger partial charge in [0.2, 0.25) is 0 Å². The summed E-state index contributed by atoms with van der Waals surface area (Å²) in [4.78, 5) is 45.2. The molecule has 2 fully saturated rings. The summed E-state index contributed by atoms with van der Waals surface area (Å²) in [6.45, 7) is 0.0670. The standard InChI is InChI=1S/C20H34N2O18P2S/c1-34-4-5-35-6-7-43-9-11-14(25)15(26)17(28)19(38-11)39-42(32,33)40-41(30,31)36-8-10-13(24)16(27)18(37-10)22-3-2-12(23)21-20(22)29/h2-3,10-11,13-19,24-28H,4-9H2,1H3,(H,30,31)(H,32,33)(H,21,23,29)/t10?,11?,13-,14+,15+,16-,17?,18?,19+/m1/s1. The van der Waals surface area contributed by atoms with E-state index in [0.29, 0.717) is 25.6 Å². The van der Waals surface area contributed by atoms with E-state index >= 15 is 0 Å². The second-order valence-corrected chi connectivity index (χ2v) is 13.3. The fourth-order valence-corrected chi connectivity index (χ4v) is 6.97. The van der Waals surface area contributed by atoms with Crippen LogP contribution in [0.5, 0.6) is 0 Å². The van der Waals surface area contributed by atoms with Gasteiger partial charge in [0.05, 0.1) is 32.5 Å². The molecule has 0 spiro atoms. The highest BCUT2D eigenvalue weighted by atomic mass is 32.2. The average Bonchev–Trinajstić information content (AvgIpc) is 3.20. The van der Waals surface area contributed by atoms with Gasteiger partial charge in [0.25, 0.3) is 5.56 Å². The zero-order valence-corrected chi connectivity index (χ0v) is 25.1. The van der Waals surface area contributed by atoms with Crippen LogP contribution < -0.4 is 11.2 Å². The first-order valence-corrected chi connectivity index (χ1v) is 16.7. The van der Waals surface area contributed by atoms with E-state index in [-0.39, 0.29) is 5.75 Å². The fraction of sp³-hybridized carbons (Fsp3) is 0.800. The van der Waals surface area contributed by atoms with Crippen molar-refractivity contribution in [2.45, 2.75) is 55.2 Å². The molecule has 2 aliphatic rings. The molecular formula is C20H34N2O18P2S. The van der Waals surface area contributed by atoms with Crippen molar-refractivity contribution in [3.05, 3.63) is 33.1 Å². The molecule has 0 amide bonds. The van der Waals surface area contributed by atoms with Crippen molar-refractivity contribution in [3.8, 4) is 0 Å². The first-order chi connectivity index (χ1) is 20.2. The van der Waals surface area contributed by atoms with Gasteiger partial charge in [0, 0.05) is 30.9 Å². The third-order valence-electron chi connectivity index (χ3n) is 6.06. The first-order valence-electron chi connectivity index (χ1n) is 12.5. The van der Waals surface area contributed by atoms with Gasteiger partial charge in [0.1, 0.15) is 36.6 Å². The summed E-state index contributed by atoms with van der Waals surface area (Å²) in [5, 5.41) is 51.0. The molecule has 20 nitrogen and oxygen atoms in total. The summed E-state index contributed by atoms with van der Waals surface area (Å²) in [5.41, 5.74) is -1.73. The smallest absolute Gasteiger partial charge is 0.388 e. The zero-order chi connectivity index (χ0) is 31.9. The number of hydrogen-bond acceptors (Lipinski definition) is 17. The normalized spacial score (nSPS) is 34.1. The minimum absolute atomic E-state index is 0.0262. The Hall–Kier alpha value is -1.07. The quantitative estimate of drug-likeness (QED) is 0.0622. The SMILES string of the molecule is COCCOCCSCC1O[C@@H](OP(=O)(O)OP(=O)(O)OCC2OC(n3ccc(=O)[nH]c3=O)[C@H](O)[C@@H]2O)C(O)[C@@H](O)[C@H]1O. The van der Waals surface area contributed by atoms with Crippen molar-refractivity contribution >= 4 is 27.4 Å². The summed E-state index contributed by atoms with van der Waals surface area (Å²) in [6.07, 6.45) is -14.6. The third-order valence-corrected chi connectivity index (χ3v) is 9.68. The number of methoxy groups -OCH3 is 1. The lowest BCUT2D eigenvalue weighted by atomic mass is 10.0. The molecule has 3 heterocycles. The number of aliphatic hydroxyl groups is 5. The number of aliphatic hydroxyl groups excluding tert-OH is 5. The maximum atomic E-state index is 12.5. The van der Waals surface area contributed by atoms with E-state index < -0.39 is 88.7 Å². The molecule has 1 aromatic rings. The van der Waals surface area contributed by atoms with E-state index in [4.69, 9.17) is 18.9 Å². The Morgan fingerprint density at radius 2 is 1.63 bits per heavy atom. The van der Waals surface area contributed by atoms with Gasteiger partial charge >= 0.3 is 21.3 Å². The monoisotopic (exact) mass is 684 g/mol. The number of nitrogens with one attached hydrogen (secondary N) is 1. The summed E-state index contributed by atoms with van der Waals surface area (Å²) in [6, 6.07) is 0.941. The molecule has 6 unspecified atom stereocenters. The Morgan fingerprint density at radius 3 is 2.30 bits per heavy atom. The number of nitrogens with zero attached hydrogens (tertiary/aromatic N) is 1. The van der Waals surface area contributed by atoms with Gasteiger partial charge < -0.3 is 54.3 Å². The van der Waals surface area contributed by atoms with E-state index in [1.54, 1.807) is 0 Å². The Morgan fingerprint density at radius 1 is 0.930 bits per heavy atom. The molecule has 0 saturated carbocycles. The second-order valence-electron chi connectivity index (χ2n) is 9.18. The summed E-state index contributed by atoms with van der Waals surface area (Å²) < 4.78 is 59.8. The molecule has 3 rings (SSSR count). The van der Waals surface area contributed by atoms with Gasteiger partial charge in [-0.1, -0.05) is 0 Å². The van der Waals surface area contributed by atoms with E-state index in [9.17, 15) is 54.0 Å². The third kappa shape index (κ3) is 10.2. The van der Waals surface area contributed by atoms with Crippen LogP contribution in [0.4, 0.5) is 0 Å². The number of ether oxygens (including phenoxy) is 4. The van der Waals surface area contributed by atoms with Crippen LogP contribution in [0.25, 0.3) is 0 Å². The Labute approximate surface area is 247 Å². The van der Waals surface area contributed by atoms with Crippen LogP contribution in [0.1, 0.15) is 6.23 Å². The number of aromatic nitrogens is 2. The molecular weight excluding hydrogens is 650 g/mol. The molecule has 8 N–H and O–H groups in total.